The SMILES string of the molecule is C=CC(=O)OC.[MgH2]. The third-order valence-electron chi connectivity index (χ3n) is 0.368. The van der Waals surface area contributed by atoms with E-state index in [1.807, 2.05) is 0 Å². The summed E-state index contributed by atoms with van der Waals surface area (Å²) in [6.45, 7) is 3.16. The molecule has 3 heteroatoms. The van der Waals surface area contributed by atoms with Crippen LogP contribution in [-0.2, 0) is 9.53 Å². The predicted molar refractivity (Wildman–Crippen MR) is 30.8 cm³/mol. The van der Waals surface area contributed by atoms with Crippen LogP contribution >= 0.6 is 0 Å². The van der Waals surface area contributed by atoms with Gasteiger partial charge in [0.1, 0.15) is 0 Å². The molecule has 0 saturated carbocycles. The fourth-order valence-electron chi connectivity index (χ4n) is 0.0833. The molecule has 0 aromatic heterocycles. The fraction of sp³-hybridized carbons (Fsp3) is 0.250. The first kappa shape index (κ1) is 10.1. The van der Waals surface area contributed by atoms with Gasteiger partial charge in [0.05, 0.1) is 7.11 Å². The van der Waals surface area contributed by atoms with Gasteiger partial charge in [-0.3, -0.25) is 0 Å². The van der Waals surface area contributed by atoms with Gasteiger partial charge in [-0.25, -0.2) is 4.79 Å². The summed E-state index contributed by atoms with van der Waals surface area (Å²) in [6.07, 6.45) is 1.11. The number of rotatable bonds is 1. The average Bonchev–Trinajstić information content (AvgIpc) is 1.65. The number of esters is 1. The van der Waals surface area contributed by atoms with E-state index in [0.717, 1.165) is 6.08 Å². The Morgan fingerprint density at radius 2 is 2.29 bits per heavy atom. The maximum atomic E-state index is 9.84. The van der Waals surface area contributed by atoms with Crippen LogP contribution < -0.4 is 0 Å². The van der Waals surface area contributed by atoms with Gasteiger partial charge in [0, 0.05) is 6.08 Å². The molecule has 0 aromatic carbocycles. The molecule has 0 atom stereocenters. The maximum absolute atomic E-state index is 9.84. The molecule has 0 heterocycles. The number of ether oxygens (including phenoxy) is 1. The van der Waals surface area contributed by atoms with Crippen LogP contribution in [-0.4, -0.2) is 36.1 Å². The number of methoxy groups -OCH3 is 1. The smallest absolute Gasteiger partial charge is 0.329 e. The lowest BCUT2D eigenvalue weighted by Crippen LogP contribution is -1.91. The van der Waals surface area contributed by atoms with Crippen molar-refractivity contribution in [3.63, 3.8) is 0 Å². The van der Waals surface area contributed by atoms with E-state index < -0.39 is 5.97 Å². The summed E-state index contributed by atoms with van der Waals surface area (Å²) in [6, 6.07) is 0. The van der Waals surface area contributed by atoms with Crippen LogP contribution in [0.15, 0.2) is 12.7 Å². The minimum absolute atomic E-state index is 0. The van der Waals surface area contributed by atoms with E-state index in [-0.39, 0.29) is 23.1 Å². The highest BCUT2D eigenvalue weighted by Crippen LogP contribution is 1.67. The van der Waals surface area contributed by atoms with Gasteiger partial charge in [0.15, 0.2) is 0 Å². The average molecular weight is 112 g/mol. The second-order valence-electron chi connectivity index (χ2n) is 0.727. The molecule has 0 fully saturated rings. The Bertz CT molecular complexity index is 70.1. The molecule has 2 nitrogen and oxygen atoms in total. The highest BCUT2D eigenvalue weighted by molar-refractivity contribution is 5.80. The van der Waals surface area contributed by atoms with Crippen LogP contribution in [0, 0.1) is 0 Å². The first-order valence-corrected chi connectivity index (χ1v) is 1.51. The lowest BCUT2D eigenvalue weighted by molar-refractivity contribution is -0.134. The van der Waals surface area contributed by atoms with Crippen LogP contribution in [0.25, 0.3) is 0 Å². The Morgan fingerprint density at radius 1 is 1.86 bits per heavy atom. The lowest BCUT2D eigenvalue weighted by atomic mass is 10.7. The van der Waals surface area contributed by atoms with E-state index in [9.17, 15) is 4.79 Å². The Hall–Kier alpha value is -0.0238. The van der Waals surface area contributed by atoms with Crippen molar-refractivity contribution in [2.75, 3.05) is 7.11 Å². The molecule has 0 spiro atoms. The van der Waals surface area contributed by atoms with Gasteiger partial charge in [0.2, 0.25) is 0 Å². The van der Waals surface area contributed by atoms with Crippen LogP contribution in [0.2, 0.25) is 0 Å². The van der Waals surface area contributed by atoms with E-state index >= 15 is 0 Å². The van der Waals surface area contributed by atoms with Crippen LogP contribution in [0.4, 0.5) is 0 Å². The molecule has 0 radical (unpaired) electrons. The van der Waals surface area contributed by atoms with Crippen molar-refractivity contribution in [2.45, 2.75) is 0 Å². The molecule has 0 bridgehead atoms. The maximum Gasteiger partial charge on any atom is 0.329 e. The molecule has 0 aromatic rings. The summed E-state index contributed by atoms with van der Waals surface area (Å²) in [4.78, 5) is 9.84. The van der Waals surface area contributed by atoms with Crippen LogP contribution in [0.3, 0.4) is 0 Å². The Labute approximate surface area is 58.7 Å². The van der Waals surface area contributed by atoms with Crippen molar-refractivity contribution in [2.24, 2.45) is 0 Å². The van der Waals surface area contributed by atoms with Crippen molar-refractivity contribution in [3.8, 4) is 0 Å². The molecule has 0 amide bonds. The van der Waals surface area contributed by atoms with Crippen molar-refractivity contribution in [1.82, 2.24) is 0 Å². The van der Waals surface area contributed by atoms with Gasteiger partial charge in [-0.1, -0.05) is 6.58 Å². The van der Waals surface area contributed by atoms with Gasteiger partial charge in [0.25, 0.3) is 0 Å². The molecule has 0 N–H and O–H groups in total. The van der Waals surface area contributed by atoms with Gasteiger partial charge in [-0.2, -0.15) is 0 Å². The van der Waals surface area contributed by atoms with Gasteiger partial charge >= 0.3 is 29.0 Å². The molecule has 38 valence electrons. The van der Waals surface area contributed by atoms with Crippen molar-refractivity contribution >= 4 is 29.0 Å². The molecule has 0 saturated heterocycles. The second kappa shape index (κ2) is 5.98. The minimum atomic E-state index is -0.394. The first-order chi connectivity index (χ1) is 2.81. The Balaban J connectivity index is 0. The molecular formula is C4H8MgO2. The highest BCUT2D eigenvalue weighted by Gasteiger charge is 1.81. The van der Waals surface area contributed by atoms with E-state index in [4.69, 9.17) is 0 Å². The lowest BCUT2D eigenvalue weighted by Gasteiger charge is -1.83. The van der Waals surface area contributed by atoms with E-state index in [1.165, 1.54) is 7.11 Å². The molecule has 7 heavy (non-hydrogen) atoms. The third-order valence-corrected chi connectivity index (χ3v) is 0.368. The highest BCUT2D eigenvalue weighted by atomic mass is 24.3. The quantitative estimate of drug-likeness (QED) is 0.258. The topological polar surface area (TPSA) is 26.3 Å². The van der Waals surface area contributed by atoms with Crippen LogP contribution in [0.1, 0.15) is 0 Å². The zero-order valence-electron chi connectivity index (χ0n) is 3.60. The number of carbonyl (C=O) groups excluding carboxylic acids is 1. The monoisotopic (exact) mass is 112 g/mol. The van der Waals surface area contributed by atoms with Crippen molar-refractivity contribution in [1.29, 1.82) is 0 Å². The predicted octanol–water partition coefficient (Wildman–Crippen LogP) is -0.571. The summed E-state index contributed by atoms with van der Waals surface area (Å²) in [5, 5.41) is 0. The zero-order chi connectivity index (χ0) is 4.99. The van der Waals surface area contributed by atoms with Crippen molar-refractivity contribution in [3.05, 3.63) is 12.7 Å². The zero-order valence-corrected chi connectivity index (χ0v) is 3.60. The fourth-order valence-corrected chi connectivity index (χ4v) is 0.0833. The summed E-state index contributed by atoms with van der Waals surface area (Å²) in [5.74, 6) is -0.394. The number of hydrogen-bond acceptors (Lipinski definition) is 2. The molecule has 0 aliphatic rings. The van der Waals surface area contributed by atoms with Gasteiger partial charge < -0.3 is 4.74 Å². The summed E-state index contributed by atoms with van der Waals surface area (Å²) >= 11 is 0. The Kier molecular flexibility index (Phi) is 8.59. The summed E-state index contributed by atoms with van der Waals surface area (Å²) in [5.41, 5.74) is 0. The molecular weight excluding hydrogens is 104 g/mol. The first-order valence-electron chi connectivity index (χ1n) is 1.51. The van der Waals surface area contributed by atoms with Crippen LogP contribution in [0.5, 0.6) is 0 Å². The Morgan fingerprint density at radius 3 is 2.29 bits per heavy atom. The van der Waals surface area contributed by atoms with E-state index in [1.54, 1.807) is 0 Å². The summed E-state index contributed by atoms with van der Waals surface area (Å²) < 4.78 is 4.14. The normalized spacial score (nSPS) is 5.86. The number of carbonyl (C=O) groups is 1. The molecule has 0 unspecified atom stereocenters. The van der Waals surface area contributed by atoms with Gasteiger partial charge in [-0.15, -0.1) is 0 Å². The van der Waals surface area contributed by atoms with E-state index in [0.29, 0.717) is 0 Å². The minimum Gasteiger partial charge on any atom is -0.466 e. The number of hydrogen-bond donors (Lipinski definition) is 0. The summed E-state index contributed by atoms with van der Waals surface area (Å²) in [7, 11) is 1.31. The molecule has 0 rings (SSSR count). The second-order valence-corrected chi connectivity index (χ2v) is 0.727. The molecule has 0 aliphatic heterocycles. The van der Waals surface area contributed by atoms with E-state index in [2.05, 4.69) is 11.3 Å². The molecule has 0 aliphatic carbocycles. The van der Waals surface area contributed by atoms with Crippen molar-refractivity contribution < 1.29 is 9.53 Å². The standard InChI is InChI=1S/C4H6O2.Mg.2H/c1-3-4(5)6-2;;;/h3H,1H2,2H3;;;. The van der Waals surface area contributed by atoms with Gasteiger partial charge in [-0.05, 0) is 0 Å². The third kappa shape index (κ3) is 5.98. The largest absolute Gasteiger partial charge is 0.466 e.